The molecule has 88 valence electrons. The summed E-state index contributed by atoms with van der Waals surface area (Å²) in [7, 11) is 0. The molecule has 1 aromatic carbocycles. The number of aromatic amines is 1. The number of H-pyrrole nitrogens is 1. The molecule has 1 aromatic heterocycles. The third-order valence-electron chi connectivity index (χ3n) is 1.98. The van der Waals surface area contributed by atoms with Crippen molar-refractivity contribution in [1.82, 2.24) is 9.97 Å². The van der Waals surface area contributed by atoms with E-state index in [4.69, 9.17) is 5.73 Å². The molecule has 0 bridgehead atoms. The van der Waals surface area contributed by atoms with Gasteiger partial charge in [-0.1, -0.05) is 6.07 Å². The van der Waals surface area contributed by atoms with E-state index in [1.54, 1.807) is 12.1 Å². The van der Waals surface area contributed by atoms with Crippen LogP contribution in [0, 0.1) is 5.82 Å². The number of hydrogen-bond acceptors (Lipinski definition) is 4. The van der Waals surface area contributed by atoms with Crippen LogP contribution < -0.4 is 11.3 Å². The van der Waals surface area contributed by atoms with Crippen molar-refractivity contribution in [2.75, 3.05) is 5.73 Å². The van der Waals surface area contributed by atoms with Crippen molar-refractivity contribution >= 4 is 17.6 Å². The van der Waals surface area contributed by atoms with Gasteiger partial charge in [-0.15, -0.1) is 11.8 Å². The van der Waals surface area contributed by atoms with Crippen LogP contribution in [0.2, 0.25) is 0 Å². The second kappa shape index (κ2) is 5.01. The highest BCUT2D eigenvalue weighted by molar-refractivity contribution is 7.98. The number of anilines is 1. The number of hydrogen-bond donors (Lipinski definition) is 2. The molecular formula is C11H10FN3OS. The third-order valence-corrected chi connectivity index (χ3v) is 2.99. The van der Waals surface area contributed by atoms with Crippen molar-refractivity contribution in [3.63, 3.8) is 0 Å². The molecule has 0 saturated heterocycles. The van der Waals surface area contributed by atoms with Gasteiger partial charge in [-0.2, -0.15) is 0 Å². The van der Waals surface area contributed by atoms with E-state index in [1.165, 1.54) is 30.0 Å². The lowest BCUT2D eigenvalue weighted by Gasteiger charge is -2.02. The highest BCUT2D eigenvalue weighted by atomic mass is 32.2. The zero-order valence-electron chi connectivity index (χ0n) is 8.81. The average molecular weight is 251 g/mol. The minimum absolute atomic E-state index is 0.184. The summed E-state index contributed by atoms with van der Waals surface area (Å²) in [5.74, 6) is 0.806. The van der Waals surface area contributed by atoms with Crippen LogP contribution in [-0.2, 0) is 5.75 Å². The zero-order valence-corrected chi connectivity index (χ0v) is 9.63. The van der Waals surface area contributed by atoms with Crippen molar-refractivity contribution in [2.24, 2.45) is 0 Å². The van der Waals surface area contributed by atoms with Crippen molar-refractivity contribution < 1.29 is 4.39 Å². The summed E-state index contributed by atoms with van der Waals surface area (Å²) in [5, 5.41) is 0. The molecule has 0 aliphatic heterocycles. The van der Waals surface area contributed by atoms with Gasteiger partial charge in [0.25, 0.3) is 5.56 Å². The summed E-state index contributed by atoms with van der Waals surface area (Å²) < 4.78 is 12.9. The molecule has 3 N–H and O–H groups in total. The quantitative estimate of drug-likeness (QED) is 0.816. The Morgan fingerprint density at radius 2 is 2.24 bits per heavy atom. The molecule has 0 aliphatic carbocycles. The van der Waals surface area contributed by atoms with Gasteiger partial charge in [0.05, 0.1) is 5.75 Å². The largest absolute Gasteiger partial charge is 0.383 e. The van der Waals surface area contributed by atoms with Crippen molar-refractivity contribution in [1.29, 1.82) is 0 Å². The minimum Gasteiger partial charge on any atom is -0.383 e. The third kappa shape index (κ3) is 3.32. The molecule has 0 unspecified atom stereocenters. The SMILES string of the molecule is Nc1cc(=O)[nH]c(CSc2cccc(F)c2)n1. The van der Waals surface area contributed by atoms with E-state index < -0.39 is 0 Å². The van der Waals surface area contributed by atoms with Crippen molar-refractivity contribution in [3.05, 3.63) is 52.3 Å². The summed E-state index contributed by atoms with van der Waals surface area (Å²) in [6, 6.07) is 7.45. The average Bonchev–Trinajstić information content (AvgIpc) is 2.25. The number of halogens is 1. The maximum Gasteiger partial charge on any atom is 0.252 e. The van der Waals surface area contributed by atoms with E-state index in [-0.39, 0.29) is 17.2 Å². The Kier molecular flexibility index (Phi) is 3.43. The van der Waals surface area contributed by atoms with Gasteiger partial charge in [-0.3, -0.25) is 4.79 Å². The predicted molar refractivity (Wildman–Crippen MR) is 65.2 cm³/mol. The predicted octanol–water partition coefficient (Wildman–Crippen LogP) is 1.78. The van der Waals surface area contributed by atoms with Crippen LogP contribution >= 0.6 is 11.8 Å². The van der Waals surface area contributed by atoms with Gasteiger partial charge < -0.3 is 10.7 Å². The summed E-state index contributed by atoms with van der Waals surface area (Å²) in [4.78, 5) is 18.5. The lowest BCUT2D eigenvalue weighted by molar-refractivity contribution is 0.624. The molecule has 0 fully saturated rings. The van der Waals surface area contributed by atoms with Crippen LogP contribution in [0.3, 0.4) is 0 Å². The first-order valence-corrected chi connectivity index (χ1v) is 5.86. The van der Waals surface area contributed by atoms with Crippen molar-refractivity contribution in [3.8, 4) is 0 Å². The maximum atomic E-state index is 12.9. The number of aromatic nitrogens is 2. The number of nitrogens with two attached hydrogens (primary N) is 1. The monoisotopic (exact) mass is 251 g/mol. The van der Waals surface area contributed by atoms with Gasteiger partial charge in [0.1, 0.15) is 17.5 Å². The molecule has 0 spiro atoms. The lowest BCUT2D eigenvalue weighted by Crippen LogP contribution is -2.11. The second-order valence-electron chi connectivity index (χ2n) is 3.36. The number of thioether (sulfide) groups is 1. The van der Waals surface area contributed by atoms with Crippen LogP contribution in [0.1, 0.15) is 5.82 Å². The normalized spacial score (nSPS) is 10.4. The van der Waals surface area contributed by atoms with Gasteiger partial charge >= 0.3 is 0 Å². The lowest BCUT2D eigenvalue weighted by atomic mass is 10.4. The van der Waals surface area contributed by atoms with Crippen LogP contribution in [0.4, 0.5) is 10.2 Å². The van der Waals surface area contributed by atoms with Gasteiger partial charge in [0.2, 0.25) is 0 Å². The molecular weight excluding hydrogens is 241 g/mol. The molecule has 1 heterocycles. The van der Waals surface area contributed by atoms with Gasteiger partial charge in [-0.25, -0.2) is 9.37 Å². The summed E-state index contributed by atoms with van der Waals surface area (Å²) in [6.45, 7) is 0. The Bertz CT molecular complexity index is 585. The number of nitrogens with one attached hydrogen (secondary N) is 1. The summed E-state index contributed by atoms with van der Waals surface area (Å²) in [5.41, 5.74) is 5.17. The minimum atomic E-state index is -0.288. The van der Waals surface area contributed by atoms with Crippen LogP contribution in [0.25, 0.3) is 0 Å². The van der Waals surface area contributed by atoms with Crippen LogP contribution in [-0.4, -0.2) is 9.97 Å². The maximum absolute atomic E-state index is 12.9. The summed E-state index contributed by atoms with van der Waals surface area (Å²) >= 11 is 1.38. The zero-order chi connectivity index (χ0) is 12.3. The Morgan fingerprint density at radius 3 is 2.94 bits per heavy atom. The molecule has 6 heteroatoms. The number of nitrogens with zero attached hydrogens (tertiary/aromatic N) is 1. The number of benzene rings is 1. The van der Waals surface area contributed by atoms with Crippen LogP contribution in [0.15, 0.2) is 40.0 Å². The van der Waals surface area contributed by atoms with E-state index in [1.807, 2.05) is 0 Å². The number of nitrogen functional groups attached to an aromatic ring is 1. The van der Waals surface area contributed by atoms with Gasteiger partial charge in [0, 0.05) is 11.0 Å². The topological polar surface area (TPSA) is 71.8 Å². The van der Waals surface area contributed by atoms with Gasteiger partial charge in [0.15, 0.2) is 0 Å². The van der Waals surface area contributed by atoms with E-state index in [0.29, 0.717) is 11.6 Å². The Balaban J connectivity index is 2.09. The van der Waals surface area contributed by atoms with E-state index in [9.17, 15) is 9.18 Å². The first-order chi connectivity index (χ1) is 8.13. The molecule has 2 rings (SSSR count). The molecule has 0 aliphatic rings. The molecule has 17 heavy (non-hydrogen) atoms. The first-order valence-electron chi connectivity index (χ1n) is 4.87. The molecule has 4 nitrogen and oxygen atoms in total. The molecule has 0 radical (unpaired) electrons. The fraction of sp³-hybridized carbons (Fsp3) is 0.0909. The second-order valence-corrected chi connectivity index (χ2v) is 4.41. The van der Waals surface area contributed by atoms with Gasteiger partial charge in [-0.05, 0) is 18.2 Å². The van der Waals surface area contributed by atoms with Crippen molar-refractivity contribution in [2.45, 2.75) is 10.6 Å². The standard InChI is InChI=1S/C11H10FN3OS/c12-7-2-1-3-8(4-7)17-6-10-14-9(13)5-11(16)15-10/h1-5H,6H2,(H3,13,14,15,16). The van der Waals surface area contributed by atoms with E-state index in [0.717, 1.165) is 4.90 Å². The smallest absolute Gasteiger partial charge is 0.252 e. The fourth-order valence-corrected chi connectivity index (χ4v) is 2.12. The highest BCUT2D eigenvalue weighted by Crippen LogP contribution is 2.21. The van der Waals surface area contributed by atoms with E-state index in [2.05, 4.69) is 9.97 Å². The molecule has 2 aromatic rings. The fourth-order valence-electron chi connectivity index (χ4n) is 1.31. The molecule has 0 saturated carbocycles. The molecule has 0 atom stereocenters. The first kappa shape index (κ1) is 11.7. The Hall–Kier alpha value is -1.82. The summed E-state index contributed by atoms with van der Waals surface area (Å²) in [6.07, 6.45) is 0. The molecule has 0 amide bonds. The number of rotatable bonds is 3. The van der Waals surface area contributed by atoms with Crippen LogP contribution in [0.5, 0.6) is 0 Å². The van der Waals surface area contributed by atoms with E-state index >= 15 is 0 Å². The Morgan fingerprint density at radius 1 is 1.41 bits per heavy atom. The Labute approximate surface area is 101 Å². The highest BCUT2D eigenvalue weighted by Gasteiger charge is 2.01.